The SMILES string of the molecule is CN(C)Cc1cccc(-c2cn(C(=O)NCCc3ccccc3)cn2)c1. The predicted molar refractivity (Wildman–Crippen MR) is 104 cm³/mol. The summed E-state index contributed by atoms with van der Waals surface area (Å²) in [6.45, 7) is 1.46. The van der Waals surface area contributed by atoms with Gasteiger partial charge in [-0.25, -0.2) is 9.78 Å². The highest BCUT2D eigenvalue weighted by Crippen LogP contribution is 2.19. The zero-order valence-corrected chi connectivity index (χ0v) is 15.2. The van der Waals surface area contributed by atoms with Crippen molar-refractivity contribution in [2.75, 3.05) is 20.6 Å². The first-order valence-corrected chi connectivity index (χ1v) is 8.72. The molecule has 0 bridgehead atoms. The van der Waals surface area contributed by atoms with Crippen LogP contribution in [0.15, 0.2) is 67.1 Å². The Kier molecular flexibility index (Phi) is 5.81. The van der Waals surface area contributed by atoms with Crippen molar-refractivity contribution in [2.24, 2.45) is 0 Å². The van der Waals surface area contributed by atoms with E-state index in [-0.39, 0.29) is 6.03 Å². The lowest BCUT2D eigenvalue weighted by Gasteiger charge is -2.10. The Labute approximate surface area is 154 Å². The van der Waals surface area contributed by atoms with Crippen LogP contribution in [0.25, 0.3) is 11.3 Å². The summed E-state index contributed by atoms with van der Waals surface area (Å²) in [5.74, 6) is 0. The van der Waals surface area contributed by atoms with Gasteiger partial charge in [0.05, 0.1) is 5.69 Å². The van der Waals surface area contributed by atoms with Crippen LogP contribution in [0.1, 0.15) is 11.1 Å². The third kappa shape index (κ3) is 4.80. The van der Waals surface area contributed by atoms with Gasteiger partial charge < -0.3 is 10.2 Å². The maximum Gasteiger partial charge on any atom is 0.326 e. The van der Waals surface area contributed by atoms with E-state index < -0.39 is 0 Å². The number of carbonyl (C=O) groups excluding carboxylic acids is 1. The van der Waals surface area contributed by atoms with E-state index in [9.17, 15) is 4.79 Å². The van der Waals surface area contributed by atoms with Crippen molar-refractivity contribution in [3.05, 3.63) is 78.2 Å². The van der Waals surface area contributed by atoms with E-state index in [2.05, 4.69) is 39.5 Å². The fourth-order valence-corrected chi connectivity index (χ4v) is 2.83. The van der Waals surface area contributed by atoms with Gasteiger partial charge in [0.1, 0.15) is 6.33 Å². The van der Waals surface area contributed by atoms with Crippen LogP contribution >= 0.6 is 0 Å². The van der Waals surface area contributed by atoms with E-state index in [4.69, 9.17) is 0 Å². The molecule has 134 valence electrons. The first-order chi connectivity index (χ1) is 12.6. The van der Waals surface area contributed by atoms with Gasteiger partial charge in [-0.2, -0.15) is 0 Å². The van der Waals surface area contributed by atoms with Gasteiger partial charge >= 0.3 is 6.03 Å². The third-order valence-electron chi connectivity index (χ3n) is 4.07. The molecule has 3 rings (SSSR count). The van der Waals surface area contributed by atoms with E-state index >= 15 is 0 Å². The molecule has 5 heteroatoms. The largest absolute Gasteiger partial charge is 0.337 e. The number of rotatable bonds is 6. The molecule has 2 aromatic carbocycles. The molecule has 1 heterocycles. The predicted octanol–water partition coefficient (Wildman–Crippen LogP) is 3.41. The van der Waals surface area contributed by atoms with E-state index in [0.717, 1.165) is 24.2 Å². The Morgan fingerprint density at radius 3 is 2.62 bits per heavy atom. The maximum atomic E-state index is 12.3. The average molecular weight is 348 g/mol. The number of carbonyl (C=O) groups is 1. The number of aromatic nitrogens is 2. The molecule has 0 atom stereocenters. The Morgan fingerprint density at radius 1 is 1.08 bits per heavy atom. The molecule has 0 aliphatic carbocycles. The van der Waals surface area contributed by atoms with Gasteiger partial charge in [0, 0.05) is 24.8 Å². The molecule has 1 aromatic heterocycles. The second-order valence-corrected chi connectivity index (χ2v) is 6.57. The van der Waals surface area contributed by atoms with Crippen LogP contribution in [-0.2, 0) is 13.0 Å². The molecule has 0 radical (unpaired) electrons. The van der Waals surface area contributed by atoms with Crippen molar-refractivity contribution in [1.29, 1.82) is 0 Å². The lowest BCUT2D eigenvalue weighted by molar-refractivity contribution is 0.242. The summed E-state index contributed by atoms with van der Waals surface area (Å²) in [6.07, 6.45) is 4.14. The van der Waals surface area contributed by atoms with Crippen molar-refractivity contribution in [2.45, 2.75) is 13.0 Å². The van der Waals surface area contributed by atoms with Crippen LogP contribution in [0.5, 0.6) is 0 Å². The fraction of sp³-hybridized carbons (Fsp3) is 0.238. The molecule has 1 amide bonds. The highest BCUT2D eigenvalue weighted by Gasteiger charge is 2.08. The second-order valence-electron chi connectivity index (χ2n) is 6.57. The van der Waals surface area contributed by atoms with Crippen molar-refractivity contribution >= 4 is 6.03 Å². The number of nitrogens with zero attached hydrogens (tertiary/aromatic N) is 3. The first kappa shape index (κ1) is 17.9. The average Bonchev–Trinajstić information content (AvgIpc) is 3.12. The summed E-state index contributed by atoms with van der Waals surface area (Å²) < 4.78 is 1.50. The summed E-state index contributed by atoms with van der Waals surface area (Å²) >= 11 is 0. The number of imidazole rings is 1. The van der Waals surface area contributed by atoms with Gasteiger partial charge in [-0.05, 0) is 37.7 Å². The number of benzene rings is 2. The van der Waals surface area contributed by atoms with Crippen molar-refractivity contribution in [3.8, 4) is 11.3 Å². The quantitative estimate of drug-likeness (QED) is 0.743. The number of nitrogens with one attached hydrogen (secondary N) is 1. The number of hydrogen-bond donors (Lipinski definition) is 1. The molecular formula is C21H24N4O. The summed E-state index contributed by atoms with van der Waals surface area (Å²) in [5, 5.41) is 2.93. The van der Waals surface area contributed by atoms with E-state index in [0.29, 0.717) is 6.54 Å². The normalized spacial score (nSPS) is 10.9. The van der Waals surface area contributed by atoms with Crippen LogP contribution in [0, 0.1) is 0 Å². The summed E-state index contributed by atoms with van der Waals surface area (Å²) in [4.78, 5) is 18.8. The van der Waals surface area contributed by atoms with E-state index in [1.54, 1.807) is 12.5 Å². The zero-order chi connectivity index (χ0) is 18.4. The van der Waals surface area contributed by atoms with Gasteiger partial charge in [-0.3, -0.25) is 4.57 Å². The second kappa shape index (κ2) is 8.45. The van der Waals surface area contributed by atoms with E-state index in [1.165, 1.54) is 15.7 Å². The van der Waals surface area contributed by atoms with Crippen molar-refractivity contribution in [1.82, 2.24) is 19.8 Å². The number of hydrogen-bond acceptors (Lipinski definition) is 3. The van der Waals surface area contributed by atoms with Crippen LogP contribution in [0.4, 0.5) is 4.79 Å². The minimum Gasteiger partial charge on any atom is -0.337 e. The van der Waals surface area contributed by atoms with Gasteiger partial charge in [0.2, 0.25) is 0 Å². The minimum absolute atomic E-state index is 0.163. The lowest BCUT2D eigenvalue weighted by atomic mass is 10.1. The molecule has 0 aliphatic heterocycles. The van der Waals surface area contributed by atoms with Crippen LogP contribution in [0.3, 0.4) is 0 Å². The Bertz CT molecular complexity index is 855. The number of amides is 1. The van der Waals surface area contributed by atoms with Crippen LogP contribution in [-0.4, -0.2) is 41.1 Å². The molecule has 0 spiro atoms. The summed E-state index contributed by atoms with van der Waals surface area (Å²) in [6, 6.07) is 18.2. The topological polar surface area (TPSA) is 50.2 Å². The van der Waals surface area contributed by atoms with Crippen molar-refractivity contribution in [3.63, 3.8) is 0 Å². The molecule has 5 nitrogen and oxygen atoms in total. The van der Waals surface area contributed by atoms with Gasteiger partial charge in [0.25, 0.3) is 0 Å². The Hall–Kier alpha value is -2.92. The molecule has 3 aromatic rings. The molecule has 26 heavy (non-hydrogen) atoms. The summed E-state index contributed by atoms with van der Waals surface area (Å²) in [5.41, 5.74) is 4.23. The monoisotopic (exact) mass is 348 g/mol. The molecule has 0 unspecified atom stereocenters. The first-order valence-electron chi connectivity index (χ1n) is 8.72. The Balaban J connectivity index is 1.61. The fourth-order valence-electron chi connectivity index (χ4n) is 2.83. The highest BCUT2D eigenvalue weighted by molar-refractivity contribution is 5.77. The molecule has 0 aliphatic rings. The minimum atomic E-state index is -0.163. The third-order valence-corrected chi connectivity index (χ3v) is 4.07. The van der Waals surface area contributed by atoms with Gasteiger partial charge in [-0.15, -0.1) is 0 Å². The Morgan fingerprint density at radius 2 is 1.85 bits per heavy atom. The molecule has 1 N–H and O–H groups in total. The summed E-state index contributed by atoms with van der Waals surface area (Å²) in [7, 11) is 4.09. The molecule has 0 fully saturated rings. The lowest BCUT2D eigenvalue weighted by Crippen LogP contribution is -2.29. The van der Waals surface area contributed by atoms with Gasteiger partial charge in [0.15, 0.2) is 0 Å². The standard InChI is InChI=1S/C21H24N4O/c1-24(2)14-18-9-6-10-19(13-18)20-15-25(16-23-20)21(26)22-12-11-17-7-4-3-5-8-17/h3-10,13,15-16H,11-12,14H2,1-2H3,(H,22,26). The van der Waals surface area contributed by atoms with Crippen molar-refractivity contribution < 1.29 is 4.79 Å². The molecule has 0 saturated carbocycles. The highest BCUT2D eigenvalue weighted by atomic mass is 16.2. The molecule has 0 saturated heterocycles. The zero-order valence-electron chi connectivity index (χ0n) is 15.2. The van der Waals surface area contributed by atoms with Crippen LogP contribution in [0.2, 0.25) is 0 Å². The smallest absolute Gasteiger partial charge is 0.326 e. The van der Waals surface area contributed by atoms with E-state index in [1.807, 2.05) is 44.4 Å². The van der Waals surface area contributed by atoms with Gasteiger partial charge in [-0.1, -0.05) is 48.5 Å². The van der Waals surface area contributed by atoms with Crippen LogP contribution < -0.4 is 5.32 Å². The maximum absolute atomic E-state index is 12.3. The molecular weight excluding hydrogens is 324 g/mol.